The second kappa shape index (κ2) is 8.12. The maximum atomic E-state index is 9.61. The molecule has 0 aliphatic heterocycles. The maximum Gasteiger partial charge on any atom is 0.212 e. The molecule has 0 spiro atoms. The standard InChI is InChI=1S/C16H22N2O2S/c1-3-15(11-19)18(10-14-6-7-21-12-14)9-13-4-5-16(20-2)17-8-13/h4-8,12,15,19H,3,9-11H2,1-2H3. The number of aromatic nitrogens is 1. The summed E-state index contributed by atoms with van der Waals surface area (Å²) in [6.07, 6.45) is 2.76. The largest absolute Gasteiger partial charge is 0.481 e. The Balaban J connectivity index is 2.10. The topological polar surface area (TPSA) is 45.6 Å². The third kappa shape index (κ3) is 4.52. The Hall–Kier alpha value is -1.43. The molecule has 0 aromatic carbocycles. The van der Waals surface area contributed by atoms with Crippen LogP contribution in [-0.2, 0) is 13.1 Å². The lowest BCUT2D eigenvalue weighted by Gasteiger charge is -2.29. The highest BCUT2D eigenvalue weighted by atomic mass is 32.1. The van der Waals surface area contributed by atoms with Crippen LogP contribution < -0.4 is 4.74 Å². The lowest BCUT2D eigenvalue weighted by Crippen LogP contribution is -2.36. The zero-order valence-corrected chi connectivity index (χ0v) is 13.3. The zero-order valence-electron chi connectivity index (χ0n) is 12.5. The molecule has 0 fully saturated rings. The molecular formula is C16H22N2O2S. The Morgan fingerprint density at radius 1 is 1.29 bits per heavy atom. The van der Waals surface area contributed by atoms with Crippen LogP contribution in [0.25, 0.3) is 0 Å². The van der Waals surface area contributed by atoms with Gasteiger partial charge < -0.3 is 9.84 Å². The van der Waals surface area contributed by atoms with Gasteiger partial charge in [-0.05, 0) is 34.4 Å². The molecule has 1 unspecified atom stereocenters. The highest BCUT2D eigenvalue weighted by molar-refractivity contribution is 7.07. The van der Waals surface area contributed by atoms with Crippen LogP contribution in [0.4, 0.5) is 0 Å². The molecule has 1 N–H and O–H groups in total. The predicted octanol–water partition coefficient (Wildman–Crippen LogP) is 2.92. The summed E-state index contributed by atoms with van der Waals surface area (Å²) < 4.78 is 5.09. The maximum absolute atomic E-state index is 9.61. The molecule has 2 heterocycles. The first-order valence-electron chi connectivity index (χ1n) is 7.11. The van der Waals surface area contributed by atoms with E-state index in [1.807, 2.05) is 18.3 Å². The first-order chi connectivity index (χ1) is 10.3. The first kappa shape index (κ1) is 15.9. The van der Waals surface area contributed by atoms with Crippen LogP contribution in [0, 0.1) is 0 Å². The Kier molecular flexibility index (Phi) is 6.17. The van der Waals surface area contributed by atoms with Crippen LogP contribution in [0.2, 0.25) is 0 Å². The van der Waals surface area contributed by atoms with Crippen molar-refractivity contribution in [2.24, 2.45) is 0 Å². The number of pyridine rings is 1. The minimum Gasteiger partial charge on any atom is -0.481 e. The van der Waals surface area contributed by atoms with E-state index in [0.717, 1.165) is 25.1 Å². The Bertz CT molecular complexity index is 510. The lowest BCUT2D eigenvalue weighted by atomic mass is 10.1. The number of methoxy groups -OCH3 is 1. The SMILES string of the molecule is CCC(CO)N(Cc1ccc(OC)nc1)Cc1ccsc1. The van der Waals surface area contributed by atoms with Gasteiger partial charge in [-0.15, -0.1) is 0 Å². The van der Waals surface area contributed by atoms with Crippen LogP contribution in [-0.4, -0.2) is 34.7 Å². The van der Waals surface area contributed by atoms with Crippen molar-refractivity contribution in [2.45, 2.75) is 32.5 Å². The van der Waals surface area contributed by atoms with E-state index in [9.17, 15) is 5.11 Å². The molecule has 5 heteroatoms. The van der Waals surface area contributed by atoms with E-state index in [1.54, 1.807) is 18.4 Å². The van der Waals surface area contributed by atoms with Gasteiger partial charge in [0, 0.05) is 31.4 Å². The fourth-order valence-corrected chi connectivity index (χ4v) is 2.95. The molecule has 2 aromatic heterocycles. The molecule has 0 amide bonds. The minimum absolute atomic E-state index is 0.159. The summed E-state index contributed by atoms with van der Waals surface area (Å²) in [6, 6.07) is 6.19. The van der Waals surface area contributed by atoms with E-state index in [4.69, 9.17) is 4.74 Å². The summed E-state index contributed by atoms with van der Waals surface area (Å²) in [4.78, 5) is 6.55. The molecule has 0 saturated heterocycles. The third-order valence-electron chi connectivity index (χ3n) is 3.56. The average Bonchev–Trinajstić information content (AvgIpc) is 3.02. The summed E-state index contributed by atoms with van der Waals surface area (Å²) in [5, 5.41) is 13.9. The van der Waals surface area contributed by atoms with E-state index in [0.29, 0.717) is 5.88 Å². The molecule has 0 saturated carbocycles. The van der Waals surface area contributed by atoms with Gasteiger partial charge in [0.25, 0.3) is 0 Å². The van der Waals surface area contributed by atoms with E-state index in [2.05, 4.69) is 33.6 Å². The summed E-state index contributed by atoms with van der Waals surface area (Å²) in [5.41, 5.74) is 2.41. The molecule has 0 aliphatic carbocycles. The van der Waals surface area contributed by atoms with Gasteiger partial charge in [-0.1, -0.05) is 13.0 Å². The first-order valence-corrected chi connectivity index (χ1v) is 8.06. The van der Waals surface area contributed by atoms with Crippen LogP contribution in [0.1, 0.15) is 24.5 Å². The molecule has 21 heavy (non-hydrogen) atoms. The number of hydrogen-bond donors (Lipinski definition) is 1. The van der Waals surface area contributed by atoms with Gasteiger partial charge in [0.15, 0.2) is 0 Å². The van der Waals surface area contributed by atoms with Gasteiger partial charge in [0.05, 0.1) is 13.7 Å². The second-order valence-corrected chi connectivity index (χ2v) is 5.77. The number of nitrogens with zero attached hydrogens (tertiary/aromatic N) is 2. The van der Waals surface area contributed by atoms with E-state index >= 15 is 0 Å². The molecular weight excluding hydrogens is 284 g/mol. The highest BCUT2D eigenvalue weighted by Crippen LogP contribution is 2.17. The zero-order chi connectivity index (χ0) is 15.1. The highest BCUT2D eigenvalue weighted by Gasteiger charge is 2.17. The van der Waals surface area contributed by atoms with Crippen molar-refractivity contribution in [3.63, 3.8) is 0 Å². The fourth-order valence-electron chi connectivity index (χ4n) is 2.29. The van der Waals surface area contributed by atoms with Crippen LogP contribution in [0.5, 0.6) is 5.88 Å². The monoisotopic (exact) mass is 306 g/mol. The van der Waals surface area contributed by atoms with Crippen molar-refractivity contribution < 1.29 is 9.84 Å². The lowest BCUT2D eigenvalue weighted by molar-refractivity contribution is 0.107. The summed E-state index contributed by atoms with van der Waals surface area (Å²) in [6.45, 7) is 3.89. The van der Waals surface area contributed by atoms with Crippen molar-refractivity contribution in [1.29, 1.82) is 0 Å². The number of aliphatic hydroxyl groups excluding tert-OH is 1. The predicted molar refractivity (Wildman–Crippen MR) is 85.5 cm³/mol. The molecule has 0 bridgehead atoms. The molecule has 2 rings (SSSR count). The molecule has 1 atom stereocenters. The quantitative estimate of drug-likeness (QED) is 0.814. The second-order valence-electron chi connectivity index (χ2n) is 4.99. The minimum atomic E-state index is 0.159. The average molecular weight is 306 g/mol. The Labute approximate surface area is 130 Å². The van der Waals surface area contributed by atoms with Crippen molar-refractivity contribution >= 4 is 11.3 Å². The number of ether oxygens (including phenoxy) is 1. The number of aliphatic hydroxyl groups is 1. The number of rotatable bonds is 8. The van der Waals surface area contributed by atoms with E-state index in [-0.39, 0.29) is 12.6 Å². The summed E-state index contributed by atoms with van der Waals surface area (Å²) in [7, 11) is 1.61. The smallest absolute Gasteiger partial charge is 0.212 e. The van der Waals surface area contributed by atoms with Crippen molar-refractivity contribution in [3.05, 3.63) is 46.3 Å². The van der Waals surface area contributed by atoms with Gasteiger partial charge >= 0.3 is 0 Å². The van der Waals surface area contributed by atoms with Crippen LogP contribution in [0.15, 0.2) is 35.2 Å². The Morgan fingerprint density at radius 2 is 2.10 bits per heavy atom. The molecule has 0 radical (unpaired) electrons. The summed E-state index contributed by atoms with van der Waals surface area (Å²) in [5.74, 6) is 0.623. The van der Waals surface area contributed by atoms with Crippen LogP contribution >= 0.6 is 11.3 Å². The van der Waals surface area contributed by atoms with Crippen LogP contribution in [0.3, 0.4) is 0 Å². The molecule has 0 aliphatic rings. The van der Waals surface area contributed by atoms with Gasteiger partial charge in [-0.2, -0.15) is 11.3 Å². The Morgan fingerprint density at radius 3 is 2.62 bits per heavy atom. The summed E-state index contributed by atoms with van der Waals surface area (Å²) >= 11 is 1.70. The number of thiophene rings is 1. The normalized spacial score (nSPS) is 12.6. The van der Waals surface area contributed by atoms with Crippen molar-refractivity contribution in [1.82, 2.24) is 9.88 Å². The fraction of sp³-hybridized carbons (Fsp3) is 0.438. The molecule has 114 valence electrons. The van der Waals surface area contributed by atoms with Gasteiger partial charge in [0.2, 0.25) is 5.88 Å². The van der Waals surface area contributed by atoms with Crippen molar-refractivity contribution in [3.8, 4) is 5.88 Å². The molecule has 4 nitrogen and oxygen atoms in total. The van der Waals surface area contributed by atoms with E-state index < -0.39 is 0 Å². The van der Waals surface area contributed by atoms with Crippen molar-refractivity contribution in [2.75, 3.05) is 13.7 Å². The number of hydrogen-bond acceptors (Lipinski definition) is 5. The van der Waals surface area contributed by atoms with Gasteiger partial charge in [-0.25, -0.2) is 4.98 Å². The third-order valence-corrected chi connectivity index (χ3v) is 4.29. The van der Waals surface area contributed by atoms with Gasteiger partial charge in [0.1, 0.15) is 0 Å². The van der Waals surface area contributed by atoms with E-state index in [1.165, 1.54) is 5.56 Å². The molecule has 2 aromatic rings. The van der Waals surface area contributed by atoms with Gasteiger partial charge in [-0.3, -0.25) is 4.90 Å².